The molecule has 2 aliphatic rings. The lowest BCUT2D eigenvalue weighted by atomic mass is 10.0. The summed E-state index contributed by atoms with van der Waals surface area (Å²) in [5, 5.41) is 1.12. The van der Waals surface area contributed by atoms with E-state index in [1.807, 2.05) is 17.8 Å². The molecule has 2 aliphatic heterocycles. The van der Waals surface area contributed by atoms with Crippen LogP contribution in [-0.4, -0.2) is 54.3 Å². The average Bonchev–Trinajstić information content (AvgIpc) is 2.78. The summed E-state index contributed by atoms with van der Waals surface area (Å²) in [5.41, 5.74) is 2.40. The van der Waals surface area contributed by atoms with Gasteiger partial charge in [0.05, 0.1) is 12.3 Å². The Labute approximate surface area is 180 Å². The molecule has 0 bridgehead atoms. The van der Waals surface area contributed by atoms with Crippen LogP contribution in [0.3, 0.4) is 0 Å². The van der Waals surface area contributed by atoms with Crippen molar-refractivity contribution in [2.24, 2.45) is 4.99 Å². The summed E-state index contributed by atoms with van der Waals surface area (Å²) >= 11 is 1.82. The van der Waals surface area contributed by atoms with Gasteiger partial charge in [0.25, 0.3) is 0 Å². The van der Waals surface area contributed by atoms with Crippen LogP contribution in [0.5, 0.6) is 5.75 Å². The predicted molar refractivity (Wildman–Crippen MR) is 119 cm³/mol. The van der Waals surface area contributed by atoms with Crippen molar-refractivity contribution in [3.63, 3.8) is 0 Å². The molecule has 2 heterocycles. The third-order valence-corrected chi connectivity index (χ3v) is 6.84. The minimum atomic E-state index is -0.872. The number of para-hydroxylation sites is 1. The first kappa shape index (κ1) is 21.1. The van der Waals surface area contributed by atoms with Crippen LogP contribution in [0, 0.1) is 11.6 Å². The van der Waals surface area contributed by atoms with Crippen LogP contribution in [0.4, 0.5) is 14.5 Å². The molecular weight excluding hydrogens is 404 g/mol. The van der Waals surface area contributed by atoms with Crippen molar-refractivity contribution in [1.29, 1.82) is 0 Å². The van der Waals surface area contributed by atoms with E-state index < -0.39 is 11.6 Å². The van der Waals surface area contributed by atoms with E-state index in [-0.39, 0.29) is 0 Å². The van der Waals surface area contributed by atoms with Crippen LogP contribution in [0.2, 0.25) is 0 Å². The quantitative estimate of drug-likeness (QED) is 0.598. The molecule has 0 aromatic heterocycles. The fraction of sp³-hybridized carbons (Fsp3) is 0.435. The van der Waals surface area contributed by atoms with E-state index in [2.05, 4.69) is 35.0 Å². The standard InChI is InChI=1S/C23H27F2N3OS/c1-27(23-26-22-6-3-2-5-17(22)16-30-23)18-9-12-28(13-10-18)11-4-14-29-19-7-8-20(24)21(25)15-19/h2-3,5-8,15,18H,4,9-14,16H2,1H3. The van der Waals surface area contributed by atoms with Gasteiger partial charge < -0.3 is 14.5 Å². The molecule has 160 valence electrons. The van der Waals surface area contributed by atoms with Gasteiger partial charge in [-0.25, -0.2) is 13.8 Å². The van der Waals surface area contributed by atoms with Gasteiger partial charge in [-0.3, -0.25) is 0 Å². The van der Waals surface area contributed by atoms with Gasteiger partial charge in [0, 0.05) is 44.5 Å². The highest BCUT2D eigenvalue weighted by molar-refractivity contribution is 8.13. The van der Waals surface area contributed by atoms with Crippen molar-refractivity contribution in [1.82, 2.24) is 9.80 Å². The second-order valence-electron chi connectivity index (χ2n) is 7.77. The van der Waals surface area contributed by atoms with Crippen molar-refractivity contribution in [2.45, 2.75) is 31.1 Å². The van der Waals surface area contributed by atoms with Crippen molar-refractivity contribution < 1.29 is 13.5 Å². The highest BCUT2D eigenvalue weighted by Gasteiger charge is 2.26. The van der Waals surface area contributed by atoms with Crippen molar-refractivity contribution in [2.75, 3.05) is 33.3 Å². The van der Waals surface area contributed by atoms with Crippen LogP contribution in [0.1, 0.15) is 24.8 Å². The van der Waals surface area contributed by atoms with Gasteiger partial charge in [0.1, 0.15) is 5.75 Å². The third-order valence-electron chi connectivity index (χ3n) is 5.75. The van der Waals surface area contributed by atoms with Gasteiger partial charge in [0.2, 0.25) is 0 Å². The maximum absolute atomic E-state index is 13.2. The first-order chi connectivity index (χ1) is 14.6. The van der Waals surface area contributed by atoms with E-state index in [1.54, 1.807) is 0 Å². The molecule has 0 amide bonds. The van der Waals surface area contributed by atoms with Gasteiger partial charge in [0.15, 0.2) is 16.8 Å². The molecule has 1 fully saturated rings. The number of ether oxygens (including phenoxy) is 1. The number of piperidine rings is 1. The van der Waals surface area contributed by atoms with Gasteiger partial charge in [-0.1, -0.05) is 30.0 Å². The Hall–Kier alpha value is -2.12. The summed E-state index contributed by atoms with van der Waals surface area (Å²) in [7, 11) is 2.16. The second-order valence-corrected chi connectivity index (χ2v) is 8.72. The number of hydrogen-bond donors (Lipinski definition) is 0. The monoisotopic (exact) mass is 431 g/mol. The van der Waals surface area contributed by atoms with Gasteiger partial charge in [-0.15, -0.1) is 0 Å². The van der Waals surface area contributed by atoms with Crippen LogP contribution < -0.4 is 4.74 Å². The summed E-state index contributed by atoms with van der Waals surface area (Å²) in [6.45, 7) is 3.55. The Kier molecular flexibility index (Phi) is 6.89. The van der Waals surface area contributed by atoms with E-state index >= 15 is 0 Å². The number of rotatable bonds is 6. The Balaban J connectivity index is 1.19. The Morgan fingerprint density at radius 1 is 1.13 bits per heavy atom. The maximum atomic E-state index is 13.2. The molecule has 2 aromatic carbocycles. The average molecular weight is 432 g/mol. The zero-order valence-corrected chi connectivity index (χ0v) is 18.0. The minimum Gasteiger partial charge on any atom is -0.493 e. The summed E-state index contributed by atoms with van der Waals surface area (Å²) in [6, 6.07) is 12.5. The van der Waals surface area contributed by atoms with Crippen LogP contribution in [-0.2, 0) is 5.75 Å². The molecule has 7 heteroatoms. The lowest BCUT2D eigenvalue weighted by Crippen LogP contribution is -2.45. The molecule has 4 rings (SSSR count). The largest absolute Gasteiger partial charge is 0.493 e. The lowest BCUT2D eigenvalue weighted by Gasteiger charge is -2.38. The highest BCUT2D eigenvalue weighted by atomic mass is 32.2. The summed E-state index contributed by atoms with van der Waals surface area (Å²) in [5.74, 6) is -0.364. The number of likely N-dealkylation sites (tertiary alicyclic amines) is 1. The van der Waals surface area contributed by atoms with E-state index in [0.717, 1.165) is 67.6 Å². The molecule has 30 heavy (non-hydrogen) atoms. The first-order valence-corrected chi connectivity index (χ1v) is 11.4. The van der Waals surface area contributed by atoms with Crippen molar-refractivity contribution in [3.05, 3.63) is 59.7 Å². The van der Waals surface area contributed by atoms with Crippen molar-refractivity contribution >= 4 is 22.6 Å². The van der Waals surface area contributed by atoms with Crippen LogP contribution >= 0.6 is 11.8 Å². The topological polar surface area (TPSA) is 28.1 Å². The number of nitrogens with zero attached hydrogens (tertiary/aromatic N) is 3. The molecule has 0 atom stereocenters. The Bertz CT molecular complexity index is 900. The number of halogens is 2. The van der Waals surface area contributed by atoms with Gasteiger partial charge in [-0.2, -0.15) is 0 Å². The molecule has 1 saturated heterocycles. The van der Waals surface area contributed by atoms with E-state index in [0.29, 0.717) is 18.4 Å². The summed E-state index contributed by atoms with van der Waals surface area (Å²) in [6.07, 6.45) is 3.09. The molecule has 0 aliphatic carbocycles. The van der Waals surface area contributed by atoms with E-state index in [4.69, 9.17) is 9.73 Å². The molecule has 0 spiro atoms. The summed E-state index contributed by atoms with van der Waals surface area (Å²) < 4.78 is 31.7. The number of thioether (sulfide) groups is 1. The zero-order chi connectivity index (χ0) is 20.9. The number of amidine groups is 1. The maximum Gasteiger partial charge on any atom is 0.164 e. The SMILES string of the molecule is CN(C1=Nc2ccccc2CS1)C1CCN(CCCOc2ccc(F)c(F)c2)CC1. The normalized spacial score (nSPS) is 17.4. The fourth-order valence-electron chi connectivity index (χ4n) is 3.93. The number of aliphatic imine (C=N–C) groups is 1. The molecule has 0 saturated carbocycles. The lowest BCUT2D eigenvalue weighted by molar-refractivity contribution is 0.157. The molecule has 4 nitrogen and oxygen atoms in total. The Morgan fingerprint density at radius 3 is 2.73 bits per heavy atom. The number of hydrogen-bond acceptors (Lipinski definition) is 5. The predicted octanol–water partition coefficient (Wildman–Crippen LogP) is 5.06. The molecular formula is C23H27F2N3OS. The fourth-order valence-corrected chi connectivity index (χ4v) is 4.98. The smallest absolute Gasteiger partial charge is 0.164 e. The second kappa shape index (κ2) is 9.79. The molecule has 0 unspecified atom stereocenters. The summed E-state index contributed by atoms with van der Waals surface area (Å²) in [4.78, 5) is 9.67. The first-order valence-electron chi connectivity index (χ1n) is 10.4. The van der Waals surface area contributed by atoms with Gasteiger partial charge in [-0.05, 0) is 43.0 Å². The third kappa shape index (κ3) is 5.13. The zero-order valence-electron chi connectivity index (χ0n) is 17.2. The van der Waals surface area contributed by atoms with E-state index in [9.17, 15) is 8.78 Å². The number of fused-ring (bicyclic) bond motifs is 1. The van der Waals surface area contributed by atoms with Gasteiger partial charge >= 0.3 is 0 Å². The minimum absolute atomic E-state index is 0.376. The molecule has 0 N–H and O–H groups in total. The van der Waals surface area contributed by atoms with Crippen LogP contribution in [0.15, 0.2) is 47.5 Å². The van der Waals surface area contributed by atoms with Crippen molar-refractivity contribution in [3.8, 4) is 5.75 Å². The highest BCUT2D eigenvalue weighted by Crippen LogP contribution is 2.32. The van der Waals surface area contributed by atoms with E-state index in [1.165, 1.54) is 11.6 Å². The number of benzene rings is 2. The molecule has 0 radical (unpaired) electrons. The van der Waals surface area contributed by atoms with Crippen LogP contribution in [0.25, 0.3) is 0 Å². The Morgan fingerprint density at radius 2 is 1.93 bits per heavy atom. The molecule has 2 aromatic rings.